The molecule has 0 unspecified atom stereocenters. The average Bonchev–Trinajstić information content (AvgIpc) is 3.65. The van der Waals surface area contributed by atoms with Gasteiger partial charge in [-0.05, 0) is 30.5 Å². The zero-order valence-electron chi connectivity index (χ0n) is 22.4. The zero-order valence-corrected chi connectivity index (χ0v) is 23.2. The van der Waals surface area contributed by atoms with Crippen LogP contribution in [0.4, 0.5) is 0 Å². The summed E-state index contributed by atoms with van der Waals surface area (Å²) in [5, 5.41) is 5.42. The summed E-state index contributed by atoms with van der Waals surface area (Å²) in [6, 6.07) is 17.9. The van der Waals surface area contributed by atoms with E-state index in [0.717, 1.165) is 5.56 Å². The molecule has 1 amide bonds. The predicted octanol–water partition coefficient (Wildman–Crippen LogP) is 5.28. The van der Waals surface area contributed by atoms with Crippen LogP contribution in [-0.4, -0.2) is 42.8 Å². The van der Waals surface area contributed by atoms with Crippen molar-refractivity contribution in [2.45, 2.75) is 25.9 Å². The van der Waals surface area contributed by atoms with Gasteiger partial charge in [0.25, 0.3) is 0 Å². The zero-order chi connectivity index (χ0) is 28.1. The summed E-state index contributed by atoms with van der Waals surface area (Å²) in [4.78, 5) is 33.6. The van der Waals surface area contributed by atoms with Crippen LogP contribution in [0.5, 0.6) is 11.5 Å². The van der Waals surface area contributed by atoms with Gasteiger partial charge in [-0.1, -0.05) is 54.2 Å². The van der Waals surface area contributed by atoms with Gasteiger partial charge in [0.05, 0.1) is 57.4 Å². The quantitative estimate of drug-likeness (QED) is 0.335. The van der Waals surface area contributed by atoms with Crippen LogP contribution in [0.2, 0.25) is 0 Å². The van der Waals surface area contributed by atoms with E-state index in [4.69, 9.17) is 23.6 Å². The number of amidine groups is 1. The predicted molar refractivity (Wildman–Crippen MR) is 152 cm³/mol. The molecule has 1 atom stereocenters. The van der Waals surface area contributed by atoms with Crippen molar-refractivity contribution in [1.82, 2.24) is 10.2 Å². The Hall–Kier alpha value is -4.44. The van der Waals surface area contributed by atoms with E-state index in [1.165, 1.54) is 11.8 Å². The molecule has 0 spiro atoms. The van der Waals surface area contributed by atoms with Gasteiger partial charge in [0.2, 0.25) is 5.91 Å². The van der Waals surface area contributed by atoms with Crippen molar-refractivity contribution >= 4 is 34.5 Å². The maximum absolute atomic E-state index is 13.7. The second kappa shape index (κ2) is 12.2. The van der Waals surface area contributed by atoms with Crippen LogP contribution in [0, 0.1) is 0 Å². The fourth-order valence-electron chi connectivity index (χ4n) is 4.74. The number of hydrogen-bond acceptors (Lipinski definition) is 9. The van der Waals surface area contributed by atoms with E-state index in [1.807, 2.05) is 52.8 Å². The minimum Gasteiger partial charge on any atom is -0.493 e. The van der Waals surface area contributed by atoms with Gasteiger partial charge in [0, 0.05) is 16.8 Å². The highest BCUT2D eigenvalue weighted by Crippen LogP contribution is 2.50. The van der Waals surface area contributed by atoms with Crippen molar-refractivity contribution in [2.75, 3.05) is 20.8 Å². The summed E-state index contributed by atoms with van der Waals surface area (Å²) < 4.78 is 22.3. The SMILES string of the molecule is CCOC(=O)C1=C(c2ccccc2)N=C2SC=C(CC(=O)NCc3ccco3)N2[C@H]1c1cccc(OC)c1OC. The number of para-hydroxylation sites is 1. The van der Waals surface area contributed by atoms with Gasteiger partial charge in [-0.3, -0.25) is 4.79 Å². The van der Waals surface area contributed by atoms with Crippen molar-refractivity contribution in [3.8, 4) is 11.5 Å². The number of carbonyl (C=O) groups excluding carboxylic acids is 2. The largest absolute Gasteiger partial charge is 0.493 e. The summed E-state index contributed by atoms with van der Waals surface area (Å²) in [7, 11) is 3.12. The number of fused-ring (bicyclic) bond motifs is 1. The molecule has 206 valence electrons. The molecular weight excluding hydrogens is 530 g/mol. The molecule has 2 aliphatic heterocycles. The molecule has 0 radical (unpaired) electrons. The Morgan fingerprint density at radius 3 is 2.58 bits per heavy atom. The fraction of sp³-hybridized carbons (Fsp3) is 0.233. The Morgan fingerprint density at radius 2 is 1.88 bits per heavy atom. The van der Waals surface area contributed by atoms with Gasteiger partial charge >= 0.3 is 5.97 Å². The van der Waals surface area contributed by atoms with E-state index in [-0.39, 0.29) is 25.5 Å². The Balaban J connectivity index is 1.62. The number of esters is 1. The van der Waals surface area contributed by atoms with Crippen molar-refractivity contribution in [3.63, 3.8) is 0 Å². The third-order valence-corrected chi connectivity index (χ3v) is 7.35. The van der Waals surface area contributed by atoms with Crippen LogP contribution in [0.15, 0.2) is 93.0 Å². The molecule has 1 aromatic heterocycles. The number of ether oxygens (including phenoxy) is 3. The highest BCUT2D eigenvalue weighted by molar-refractivity contribution is 8.16. The third-order valence-electron chi connectivity index (χ3n) is 6.46. The number of carbonyl (C=O) groups is 2. The standard InChI is InChI=1S/C30H29N3O6S/c1-4-38-29(35)25-26(19-10-6-5-7-11-19)32-30-33(27(25)22-13-8-14-23(36-2)28(22)37-3)20(18-40-30)16-24(34)31-17-21-12-9-15-39-21/h5-15,18,27H,4,16-17H2,1-3H3,(H,31,34)/t27-/m0/s1. The number of furan rings is 1. The van der Waals surface area contributed by atoms with Gasteiger partial charge in [-0.2, -0.15) is 0 Å². The number of nitrogens with zero attached hydrogens (tertiary/aromatic N) is 2. The Bertz CT molecular complexity index is 1480. The second-order valence-corrected chi connectivity index (χ2v) is 9.69. The van der Waals surface area contributed by atoms with Crippen LogP contribution >= 0.6 is 11.8 Å². The van der Waals surface area contributed by atoms with Crippen LogP contribution in [0.3, 0.4) is 0 Å². The van der Waals surface area contributed by atoms with Crippen molar-refractivity contribution in [1.29, 1.82) is 0 Å². The molecule has 0 fully saturated rings. The molecule has 0 saturated heterocycles. The normalized spacial score (nSPS) is 16.2. The first-order valence-electron chi connectivity index (χ1n) is 12.8. The van der Waals surface area contributed by atoms with E-state index in [1.54, 1.807) is 45.6 Å². The Labute approximate surface area is 236 Å². The average molecular weight is 560 g/mol. The molecule has 2 aromatic carbocycles. The summed E-state index contributed by atoms with van der Waals surface area (Å²) >= 11 is 1.40. The summed E-state index contributed by atoms with van der Waals surface area (Å²) in [5.41, 5.74) is 2.98. The highest BCUT2D eigenvalue weighted by Gasteiger charge is 2.43. The lowest BCUT2D eigenvalue weighted by atomic mass is 9.90. The molecule has 2 aliphatic rings. The number of benzene rings is 2. The number of rotatable bonds is 10. The van der Waals surface area contributed by atoms with Crippen LogP contribution in [-0.2, 0) is 20.9 Å². The topological polar surface area (TPSA) is 103 Å². The highest BCUT2D eigenvalue weighted by atomic mass is 32.2. The lowest BCUT2D eigenvalue weighted by molar-refractivity contribution is -0.139. The number of aliphatic imine (C=N–C) groups is 1. The van der Waals surface area contributed by atoms with Crippen molar-refractivity contribution in [2.24, 2.45) is 4.99 Å². The second-order valence-electron chi connectivity index (χ2n) is 8.86. The molecular formula is C30H29N3O6S. The van der Waals surface area contributed by atoms with Gasteiger partial charge in [-0.15, -0.1) is 0 Å². The van der Waals surface area contributed by atoms with Crippen molar-refractivity contribution < 1.29 is 28.2 Å². The minimum absolute atomic E-state index is 0.0618. The van der Waals surface area contributed by atoms with E-state index in [2.05, 4.69) is 5.32 Å². The molecule has 3 aromatic rings. The van der Waals surface area contributed by atoms with Crippen LogP contribution in [0.1, 0.15) is 36.3 Å². The molecule has 5 rings (SSSR count). The first kappa shape index (κ1) is 27.1. The van der Waals surface area contributed by atoms with Crippen LogP contribution in [0.25, 0.3) is 5.70 Å². The minimum atomic E-state index is -0.703. The molecule has 1 N–H and O–H groups in total. The smallest absolute Gasteiger partial charge is 0.338 e. The Morgan fingerprint density at radius 1 is 1.05 bits per heavy atom. The molecule has 9 nitrogen and oxygen atoms in total. The molecule has 40 heavy (non-hydrogen) atoms. The molecule has 0 aliphatic carbocycles. The fourth-order valence-corrected chi connectivity index (χ4v) is 5.65. The number of amides is 1. The summed E-state index contributed by atoms with van der Waals surface area (Å²) in [6.07, 6.45) is 1.63. The van der Waals surface area contributed by atoms with Gasteiger partial charge in [-0.25, -0.2) is 9.79 Å². The van der Waals surface area contributed by atoms with Crippen LogP contribution < -0.4 is 14.8 Å². The number of thioether (sulfide) groups is 1. The lowest BCUT2D eigenvalue weighted by Gasteiger charge is -2.37. The first-order valence-corrected chi connectivity index (χ1v) is 13.6. The van der Waals surface area contributed by atoms with E-state index >= 15 is 0 Å². The molecule has 0 bridgehead atoms. The first-order chi connectivity index (χ1) is 19.5. The summed E-state index contributed by atoms with van der Waals surface area (Å²) in [6.45, 7) is 2.22. The molecule has 10 heteroatoms. The van der Waals surface area contributed by atoms with E-state index < -0.39 is 12.0 Å². The maximum Gasteiger partial charge on any atom is 0.338 e. The lowest BCUT2D eigenvalue weighted by Crippen LogP contribution is -2.38. The van der Waals surface area contributed by atoms with E-state index in [0.29, 0.717) is 45.0 Å². The van der Waals surface area contributed by atoms with Gasteiger partial charge < -0.3 is 28.8 Å². The Kier molecular flexibility index (Phi) is 8.26. The third kappa shape index (κ3) is 5.35. The maximum atomic E-state index is 13.7. The number of nitrogens with one attached hydrogen (secondary N) is 1. The van der Waals surface area contributed by atoms with Gasteiger partial charge in [0.15, 0.2) is 16.7 Å². The molecule has 0 saturated carbocycles. The van der Waals surface area contributed by atoms with Gasteiger partial charge in [0.1, 0.15) is 5.76 Å². The number of hydrogen-bond donors (Lipinski definition) is 1. The van der Waals surface area contributed by atoms with E-state index in [9.17, 15) is 9.59 Å². The summed E-state index contributed by atoms with van der Waals surface area (Å²) in [5.74, 6) is 0.947. The van der Waals surface area contributed by atoms with Crippen molar-refractivity contribution in [3.05, 3.63) is 100 Å². The number of methoxy groups -OCH3 is 2. The molecule has 3 heterocycles. The monoisotopic (exact) mass is 559 g/mol.